The third-order valence-corrected chi connectivity index (χ3v) is 0.454. The second-order valence-corrected chi connectivity index (χ2v) is 1.02. The lowest BCUT2D eigenvalue weighted by molar-refractivity contribution is 0.183. The molecular formula is C3H9ClFNO. The van der Waals surface area contributed by atoms with Crippen molar-refractivity contribution in [1.82, 2.24) is 0 Å². The summed E-state index contributed by atoms with van der Waals surface area (Å²) in [4.78, 5) is 0. The maximum Gasteiger partial charge on any atom is 0.135 e. The zero-order chi connectivity index (χ0) is 4.99. The summed E-state index contributed by atoms with van der Waals surface area (Å²) in [6, 6.07) is 0. The van der Waals surface area contributed by atoms with E-state index in [0.717, 1.165) is 0 Å². The minimum Gasteiger partial charge on any atom is -0.393 e. The van der Waals surface area contributed by atoms with E-state index in [1.165, 1.54) is 0 Å². The number of halogens is 2. The Balaban J connectivity index is 0. The van der Waals surface area contributed by atoms with E-state index in [4.69, 9.17) is 10.8 Å². The van der Waals surface area contributed by atoms with Crippen LogP contribution in [0.5, 0.6) is 0 Å². The van der Waals surface area contributed by atoms with Crippen molar-refractivity contribution in [1.29, 1.82) is 0 Å². The Morgan fingerprint density at radius 2 is 2.14 bits per heavy atom. The first-order valence-electron chi connectivity index (χ1n) is 1.76. The number of aliphatic hydroxyl groups is 1. The summed E-state index contributed by atoms with van der Waals surface area (Å²) in [5.74, 6) is 0. The highest BCUT2D eigenvalue weighted by Crippen LogP contribution is 1.79. The highest BCUT2D eigenvalue weighted by Gasteiger charge is 1.95. The average Bonchev–Trinajstić information content (AvgIpc) is 1.65. The second kappa shape index (κ2) is 6.14. The molecule has 0 aromatic rings. The molecule has 0 fully saturated rings. The fraction of sp³-hybridized carbons (Fsp3) is 1.00. The van der Waals surface area contributed by atoms with Crippen molar-refractivity contribution in [2.24, 2.45) is 5.73 Å². The Kier molecular flexibility index (Phi) is 8.94. The van der Waals surface area contributed by atoms with Crippen LogP contribution in [0.4, 0.5) is 4.39 Å². The minimum absolute atomic E-state index is 0. The fourth-order valence-corrected chi connectivity index (χ4v) is 0.0745. The van der Waals surface area contributed by atoms with Crippen LogP contribution in [0.25, 0.3) is 0 Å². The predicted molar refractivity (Wildman–Crippen MR) is 28.3 cm³/mol. The van der Waals surface area contributed by atoms with Gasteiger partial charge in [0.05, 0.1) is 6.61 Å². The van der Waals surface area contributed by atoms with Gasteiger partial charge in [-0.1, -0.05) is 0 Å². The summed E-state index contributed by atoms with van der Waals surface area (Å²) in [6.45, 7) is -0.549. The molecule has 0 heterocycles. The van der Waals surface area contributed by atoms with Crippen molar-refractivity contribution in [2.75, 3.05) is 13.2 Å². The van der Waals surface area contributed by atoms with Gasteiger partial charge in [-0.2, -0.15) is 0 Å². The first kappa shape index (κ1) is 10.2. The van der Waals surface area contributed by atoms with Crippen LogP contribution in [0, 0.1) is 0 Å². The van der Waals surface area contributed by atoms with Gasteiger partial charge in [-0.25, -0.2) is 4.39 Å². The molecule has 0 aromatic heterocycles. The summed E-state index contributed by atoms with van der Waals surface area (Å²) in [6.07, 6.45) is -1.23. The number of nitrogens with two attached hydrogens (primary N) is 1. The lowest BCUT2D eigenvalue weighted by atomic mass is 10.4. The van der Waals surface area contributed by atoms with Gasteiger partial charge in [-0.3, -0.25) is 0 Å². The first-order valence-corrected chi connectivity index (χ1v) is 1.76. The summed E-state index contributed by atoms with van der Waals surface area (Å²) in [5, 5.41) is 7.88. The number of alkyl halides is 1. The van der Waals surface area contributed by atoms with E-state index >= 15 is 0 Å². The predicted octanol–water partition coefficient (Wildman–Crippen LogP) is -0.303. The number of hydrogen-bond donors (Lipinski definition) is 2. The molecule has 0 aliphatic heterocycles. The Hall–Kier alpha value is 0.140. The molecule has 0 aromatic carbocycles. The Morgan fingerprint density at radius 1 is 1.71 bits per heavy atom. The molecule has 0 saturated carbocycles. The van der Waals surface area contributed by atoms with Crippen molar-refractivity contribution in [3.8, 4) is 0 Å². The summed E-state index contributed by atoms with van der Waals surface area (Å²) >= 11 is 0. The van der Waals surface area contributed by atoms with Crippen molar-refractivity contribution in [3.05, 3.63) is 0 Å². The van der Waals surface area contributed by atoms with E-state index in [1.807, 2.05) is 0 Å². The molecule has 7 heavy (non-hydrogen) atoms. The van der Waals surface area contributed by atoms with E-state index in [1.54, 1.807) is 0 Å². The molecule has 4 heteroatoms. The normalized spacial score (nSPS) is 12.4. The quantitative estimate of drug-likeness (QED) is 0.538. The maximum atomic E-state index is 11.5. The van der Waals surface area contributed by atoms with Crippen LogP contribution in [0.3, 0.4) is 0 Å². The molecule has 0 bridgehead atoms. The Morgan fingerprint density at radius 3 is 2.14 bits per heavy atom. The third-order valence-electron chi connectivity index (χ3n) is 0.454. The van der Waals surface area contributed by atoms with Crippen molar-refractivity contribution < 1.29 is 9.50 Å². The highest BCUT2D eigenvalue weighted by molar-refractivity contribution is 5.85. The van der Waals surface area contributed by atoms with Crippen LogP contribution in [0.15, 0.2) is 0 Å². The smallest absolute Gasteiger partial charge is 0.135 e. The standard InChI is InChI=1S/C3H8FNO.ClH/c4-3(1-5)2-6;/h3,6H,1-2,5H2;1H. The van der Waals surface area contributed by atoms with Gasteiger partial charge in [0.2, 0.25) is 0 Å². The van der Waals surface area contributed by atoms with Crippen LogP contribution in [-0.4, -0.2) is 24.4 Å². The lowest BCUT2D eigenvalue weighted by Gasteiger charge is -1.93. The Bertz CT molecular complexity index is 34.1. The molecule has 0 radical (unpaired) electrons. The first-order chi connectivity index (χ1) is 2.81. The van der Waals surface area contributed by atoms with Gasteiger partial charge >= 0.3 is 0 Å². The van der Waals surface area contributed by atoms with Gasteiger partial charge in [0.25, 0.3) is 0 Å². The van der Waals surface area contributed by atoms with E-state index in [0.29, 0.717) is 0 Å². The molecule has 0 amide bonds. The SMILES string of the molecule is Cl.NCC(F)CO. The van der Waals surface area contributed by atoms with Gasteiger partial charge in [0.1, 0.15) is 6.17 Å². The monoisotopic (exact) mass is 129 g/mol. The zero-order valence-electron chi connectivity index (χ0n) is 3.80. The summed E-state index contributed by atoms with van der Waals surface area (Å²) in [7, 11) is 0. The van der Waals surface area contributed by atoms with Gasteiger partial charge in [-0.15, -0.1) is 12.4 Å². The lowest BCUT2D eigenvalue weighted by Crippen LogP contribution is -2.18. The fourth-order valence-electron chi connectivity index (χ4n) is 0.0745. The van der Waals surface area contributed by atoms with Crippen LogP contribution in [0.1, 0.15) is 0 Å². The largest absolute Gasteiger partial charge is 0.393 e. The van der Waals surface area contributed by atoms with Gasteiger partial charge < -0.3 is 10.8 Å². The average molecular weight is 130 g/mol. The Labute approximate surface area is 47.9 Å². The number of hydrogen-bond acceptors (Lipinski definition) is 2. The molecule has 0 spiro atoms. The molecule has 1 unspecified atom stereocenters. The second-order valence-electron chi connectivity index (χ2n) is 1.02. The van der Waals surface area contributed by atoms with Gasteiger partial charge in [-0.05, 0) is 0 Å². The molecule has 0 aliphatic rings. The summed E-state index contributed by atoms with van der Waals surface area (Å²) < 4.78 is 11.5. The minimum atomic E-state index is -1.23. The third kappa shape index (κ3) is 6.14. The molecular weight excluding hydrogens is 120 g/mol. The molecule has 3 N–H and O–H groups in total. The van der Waals surface area contributed by atoms with E-state index < -0.39 is 12.8 Å². The van der Waals surface area contributed by atoms with Crippen molar-refractivity contribution in [3.63, 3.8) is 0 Å². The molecule has 2 nitrogen and oxygen atoms in total. The number of rotatable bonds is 2. The van der Waals surface area contributed by atoms with Gasteiger partial charge in [0, 0.05) is 6.54 Å². The molecule has 46 valence electrons. The van der Waals surface area contributed by atoms with Crippen LogP contribution >= 0.6 is 12.4 Å². The van der Waals surface area contributed by atoms with Crippen LogP contribution in [-0.2, 0) is 0 Å². The maximum absolute atomic E-state index is 11.5. The molecule has 0 saturated heterocycles. The van der Waals surface area contributed by atoms with Crippen molar-refractivity contribution >= 4 is 12.4 Å². The van der Waals surface area contributed by atoms with Crippen molar-refractivity contribution in [2.45, 2.75) is 6.17 Å². The topological polar surface area (TPSA) is 46.2 Å². The zero-order valence-corrected chi connectivity index (χ0v) is 4.62. The summed E-state index contributed by atoms with van der Waals surface area (Å²) in [5.41, 5.74) is 4.75. The molecule has 0 rings (SSSR count). The van der Waals surface area contributed by atoms with Gasteiger partial charge in [0.15, 0.2) is 0 Å². The van der Waals surface area contributed by atoms with Crippen LogP contribution < -0.4 is 5.73 Å². The molecule has 0 aliphatic carbocycles. The highest BCUT2D eigenvalue weighted by atomic mass is 35.5. The molecule has 1 atom stereocenters. The van der Waals surface area contributed by atoms with E-state index in [9.17, 15) is 4.39 Å². The van der Waals surface area contributed by atoms with E-state index in [-0.39, 0.29) is 19.0 Å². The van der Waals surface area contributed by atoms with E-state index in [2.05, 4.69) is 0 Å². The number of aliphatic hydroxyl groups excluding tert-OH is 1. The van der Waals surface area contributed by atoms with Crippen LogP contribution in [0.2, 0.25) is 0 Å².